The van der Waals surface area contributed by atoms with Gasteiger partial charge in [-0.25, -0.2) is 8.78 Å². The third kappa shape index (κ3) is 5.62. The van der Waals surface area contributed by atoms with E-state index in [1.54, 1.807) is 36.4 Å². The largest absolute Gasteiger partial charge is 0.493 e. The first-order chi connectivity index (χ1) is 16.8. The summed E-state index contributed by atoms with van der Waals surface area (Å²) in [6.07, 6.45) is 1.55. The molecule has 35 heavy (non-hydrogen) atoms. The van der Waals surface area contributed by atoms with E-state index >= 15 is 0 Å². The quantitative estimate of drug-likeness (QED) is 0.208. The molecule has 1 aliphatic heterocycles. The van der Waals surface area contributed by atoms with Crippen LogP contribution in [0.3, 0.4) is 0 Å². The number of carbonyl (C=O) groups excluding carboxylic acids is 2. The van der Waals surface area contributed by atoms with Gasteiger partial charge in [-0.2, -0.15) is 0 Å². The van der Waals surface area contributed by atoms with E-state index in [2.05, 4.69) is 22.6 Å². The van der Waals surface area contributed by atoms with Gasteiger partial charge >= 0.3 is 0 Å². The summed E-state index contributed by atoms with van der Waals surface area (Å²) in [7, 11) is 1.47. The van der Waals surface area contributed by atoms with Crippen molar-refractivity contribution in [1.82, 2.24) is 4.90 Å². The van der Waals surface area contributed by atoms with Gasteiger partial charge in [-0.1, -0.05) is 35.9 Å². The fraction of sp³-hybridized carbons (Fsp3) is 0.120. The van der Waals surface area contributed by atoms with Gasteiger partial charge in [0.1, 0.15) is 18.2 Å². The van der Waals surface area contributed by atoms with Crippen LogP contribution in [0.25, 0.3) is 6.08 Å². The molecule has 3 aromatic carbocycles. The molecular weight excluding hydrogens is 611 g/mol. The smallest absolute Gasteiger partial charge is 0.293 e. The Morgan fingerprint density at radius 3 is 2.54 bits per heavy atom. The minimum Gasteiger partial charge on any atom is -0.493 e. The lowest BCUT2D eigenvalue weighted by Gasteiger charge is -2.15. The van der Waals surface area contributed by atoms with Crippen LogP contribution in [0.4, 0.5) is 13.6 Å². The number of benzene rings is 3. The zero-order chi connectivity index (χ0) is 25.1. The molecule has 0 saturated carbocycles. The molecule has 5 nitrogen and oxygen atoms in total. The first-order valence-electron chi connectivity index (χ1n) is 10.2. The Hall–Kier alpha value is -2.63. The minimum absolute atomic E-state index is 0.00980. The summed E-state index contributed by atoms with van der Waals surface area (Å²) in [6.45, 7) is -0.257. The highest BCUT2D eigenvalue weighted by Gasteiger charge is 2.36. The SMILES string of the molecule is COc1cc(/C=C2\SC(=O)N(Cc3c(F)cccc3Cl)C2=O)cc(I)c1OCc1ccccc1F. The molecule has 1 saturated heterocycles. The summed E-state index contributed by atoms with van der Waals surface area (Å²) in [6, 6.07) is 13.9. The summed E-state index contributed by atoms with van der Waals surface area (Å²) in [5.41, 5.74) is 1.07. The monoisotopic (exact) mass is 627 g/mol. The Morgan fingerprint density at radius 1 is 1.09 bits per heavy atom. The van der Waals surface area contributed by atoms with Crippen molar-refractivity contribution in [3.8, 4) is 11.5 Å². The molecule has 1 heterocycles. The average Bonchev–Trinajstić information content (AvgIpc) is 3.08. The molecule has 180 valence electrons. The van der Waals surface area contributed by atoms with Crippen molar-refractivity contribution in [3.05, 3.63) is 96.4 Å². The van der Waals surface area contributed by atoms with Crippen molar-refractivity contribution in [1.29, 1.82) is 0 Å². The van der Waals surface area contributed by atoms with E-state index in [9.17, 15) is 18.4 Å². The van der Waals surface area contributed by atoms with Crippen molar-refractivity contribution in [2.24, 2.45) is 0 Å². The minimum atomic E-state index is -0.592. The molecule has 0 bridgehead atoms. The standard InChI is InChI=1S/C25H17ClF2INO4S/c1-33-21-10-14(9-20(29)23(21)34-13-15-5-2-3-7-18(15)27)11-22-24(31)30(25(32)35-22)12-16-17(26)6-4-8-19(16)28/h2-11H,12-13H2,1H3/b22-11-. The number of carbonyl (C=O) groups is 2. The lowest BCUT2D eigenvalue weighted by atomic mass is 10.1. The fourth-order valence-corrected chi connectivity index (χ4v) is 5.20. The molecule has 2 amide bonds. The molecule has 0 radical (unpaired) electrons. The molecule has 0 N–H and O–H groups in total. The highest BCUT2D eigenvalue weighted by molar-refractivity contribution is 14.1. The Morgan fingerprint density at radius 2 is 1.83 bits per heavy atom. The second kappa shape index (κ2) is 11.0. The maximum Gasteiger partial charge on any atom is 0.293 e. The third-order valence-electron chi connectivity index (χ3n) is 5.13. The van der Waals surface area contributed by atoms with Gasteiger partial charge in [0.05, 0.1) is 22.1 Å². The van der Waals surface area contributed by atoms with Gasteiger partial charge in [-0.15, -0.1) is 0 Å². The fourth-order valence-electron chi connectivity index (χ4n) is 3.36. The van der Waals surface area contributed by atoms with E-state index in [1.165, 1.54) is 31.4 Å². The zero-order valence-corrected chi connectivity index (χ0v) is 21.9. The van der Waals surface area contributed by atoms with Gasteiger partial charge < -0.3 is 9.47 Å². The Labute approximate surface area is 223 Å². The van der Waals surface area contributed by atoms with Crippen LogP contribution in [0, 0.1) is 15.2 Å². The van der Waals surface area contributed by atoms with Crippen LogP contribution < -0.4 is 9.47 Å². The number of nitrogens with zero attached hydrogens (tertiary/aromatic N) is 1. The molecule has 1 aliphatic rings. The molecule has 0 aromatic heterocycles. The maximum atomic E-state index is 14.2. The number of thioether (sulfide) groups is 1. The highest BCUT2D eigenvalue weighted by Crippen LogP contribution is 2.38. The van der Waals surface area contributed by atoms with E-state index in [4.69, 9.17) is 21.1 Å². The predicted octanol–water partition coefficient (Wildman–Crippen LogP) is 7.05. The Kier molecular flexibility index (Phi) is 7.98. The number of halogens is 4. The zero-order valence-electron chi connectivity index (χ0n) is 18.2. The van der Waals surface area contributed by atoms with Gasteiger partial charge in [0, 0.05) is 16.1 Å². The normalized spacial score (nSPS) is 14.7. The van der Waals surface area contributed by atoms with Gasteiger partial charge in [-0.3, -0.25) is 14.5 Å². The molecule has 0 spiro atoms. The van der Waals surface area contributed by atoms with Gasteiger partial charge in [0.15, 0.2) is 11.5 Å². The summed E-state index contributed by atoms with van der Waals surface area (Å²) in [5, 5.41) is -0.384. The van der Waals surface area contributed by atoms with Crippen LogP contribution in [0.1, 0.15) is 16.7 Å². The Balaban J connectivity index is 1.56. The van der Waals surface area contributed by atoms with Crippen LogP contribution in [0.15, 0.2) is 59.5 Å². The molecule has 0 aliphatic carbocycles. The summed E-state index contributed by atoms with van der Waals surface area (Å²) >= 11 is 8.86. The molecule has 0 unspecified atom stereocenters. The lowest BCUT2D eigenvalue weighted by Crippen LogP contribution is -2.28. The topological polar surface area (TPSA) is 55.8 Å². The molecule has 1 fully saturated rings. The van der Waals surface area contributed by atoms with Gasteiger partial charge in [0.2, 0.25) is 0 Å². The Bertz CT molecular complexity index is 1330. The van der Waals surface area contributed by atoms with Crippen LogP contribution >= 0.6 is 46.0 Å². The predicted molar refractivity (Wildman–Crippen MR) is 139 cm³/mol. The molecule has 0 atom stereocenters. The molecule has 3 aromatic rings. The van der Waals surface area contributed by atoms with E-state index in [1.807, 2.05) is 0 Å². The van der Waals surface area contributed by atoms with Gasteiger partial charge in [0.25, 0.3) is 11.1 Å². The number of rotatable bonds is 7. The van der Waals surface area contributed by atoms with Crippen LogP contribution in [0.5, 0.6) is 11.5 Å². The van der Waals surface area contributed by atoms with E-state index in [-0.39, 0.29) is 34.5 Å². The van der Waals surface area contributed by atoms with Crippen molar-refractivity contribution < 1.29 is 27.8 Å². The molecule has 4 rings (SSSR count). The number of ether oxygens (including phenoxy) is 2. The summed E-state index contributed by atoms with van der Waals surface area (Å²) in [5.74, 6) is -0.697. The van der Waals surface area contributed by atoms with Crippen molar-refractivity contribution in [2.45, 2.75) is 13.2 Å². The highest BCUT2D eigenvalue weighted by atomic mass is 127. The first kappa shape index (κ1) is 25.5. The van der Waals surface area contributed by atoms with Crippen LogP contribution in [-0.2, 0) is 17.9 Å². The average molecular weight is 628 g/mol. The number of amides is 2. The first-order valence-corrected chi connectivity index (χ1v) is 12.5. The maximum absolute atomic E-state index is 14.2. The van der Waals surface area contributed by atoms with E-state index in [0.717, 1.165) is 16.7 Å². The van der Waals surface area contributed by atoms with Crippen molar-refractivity contribution in [3.63, 3.8) is 0 Å². The van der Waals surface area contributed by atoms with Crippen molar-refractivity contribution >= 4 is 63.2 Å². The lowest BCUT2D eigenvalue weighted by molar-refractivity contribution is -0.123. The van der Waals surface area contributed by atoms with E-state index < -0.39 is 17.0 Å². The number of hydrogen-bond acceptors (Lipinski definition) is 5. The third-order valence-corrected chi connectivity index (χ3v) is 7.19. The number of methoxy groups -OCH3 is 1. The van der Waals surface area contributed by atoms with Gasteiger partial charge in [-0.05, 0) is 76.3 Å². The molecule has 10 heteroatoms. The van der Waals surface area contributed by atoms with Crippen molar-refractivity contribution in [2.75, 3.05) is 7.11 Å². The van der Waals surface area contributed by atoms with E-state index in [0.29, 0.717) is 26.2 Å². The van der Waals surface area contributed by atoms with Crippen LogP contribution in [-0.4, -0.2) is 23.2 Å². The second-order valence-electron chi connectivity index (χ2n) is 7.38. The second-order valence-corrected chi connectivity index (χ2v) is 9.94. The van der Waals surface area contributed by atoms with Crippen LogP contribution in [0.2, 0.25) is 5.02 Å². The summed E-state index contributed by atoms with van der Waals surface area (Å²) < 4.78 is 40.0. The summed E-state index contributed by atoms with van der Waals surface area (Å²) in [4.78, 5) is 26.5. The molecular formula is C25H17ClF2INO4S. The number of imide groups is 1. The number of hydrogen-bond donors (Lipinski definition) is 0.